The Morgan fingerprint density at radius 1 is 0.826 bits per heavy atom. The first-order valence-corrected chi connectivity index (χ1v) is 8.31. The van der Waals surface area contributed by atoms with Gasteiger partial charge in [0.15, 0.2) is 0 Å². The van der Waals surface area contributed by atoms with Gasteiger partial charge in [0, 0.05) is 17.9 Å². The Morgan fingerprint density at radius 2 is 1.48 bits per heavy atom. The van der Waals surface area contributed by atoms with E-state index in [0.717, 1.165) is 18.7 Å². The van der Waals surface area contributed by atoms with Crippen LogP contribution >= 0.6 is 0 Å². The van der Waals surface area contributed by atoms with Gasteiger partial charge in [0.1, 0.15) is 11.8 Å². The molecule has 0 bridgehead atoms. The van der Waals surface area contributed by atoms with Crippen LogP contribution in [0.25, 0.3) is 0 Å². The molecule has 2 heteroatoms. The van der Waals surface area contributed by atoms with Crippen molar-refractivity contribution >= 4 is 0 Å². The van der Waals surface area contributed by atoms with E-state index in [2.05, 4.69) is 79.0 Å². The van der Waals surface area contributed by atoms with Gasteiger partial charge in [0.25, 0.3) is 0 Å². The summed E-state index contributed by atoms with van der Waals surface area (Å²) < 4.78 is 5.68. The highest BCUT2D eigenvalue weighted by Crippen LogP contribution is 2.27. The van der Waals surface area contributed by atoms with Gasteiger partial charge in [-0.25, -0.2) is 0 Å². The molecule has 2 atom stereocenters. The van der Waals surface area contributed by atoms with Crippen LogP contribution in [0.4, 0.5) is 0 Å². The number of furan rings is 1. The van der Waals surface area contributed by atoms with E-state index in [0.29, 0.717) is 12.0 Å². The Hall–Kier alpha value is -2.32. The summed E-state index contributed by atoms with van der Waals surface area (Å²) >= 11 is 0. The second-order valence-corrected chi connectivity index (χ2v) is 5.99. The lowest BCUT2D eigenvalue weighted by Crippen LogP contribution is -2.84. The standard InChI is InChI=1S/C21H23NO/c1-17(18-9-4-2-5-10-18)22-15-14-20(21-13-8-16-23-21)19-11-6-3-7-12-19/h2-13,16-17,20,22H,14-15H2,1H3/p+1/t17-,20+/m0/s1. The highest BCUT2D eigenvalue weighted by atomic mass is 16.3. The molecule has 0 aliphatic rings. The summed E-state index contributed by atoms with van der Waals surface area (Å²) in [6.45, 7) is 3.33. The van der Waals surface area contributed by atoms with Crippen molar-refractivity contribution in [2.45, 2.75) is 25.3 Å². The summed E-state index contributed by atoms with van der Waals surface area (Å²) in [5.41, 5.74) is 2.70. The molecule has 0 spiro atoms. The van der Waals surface area contributed by atoms with Gasteiger partial charge in [0.05, 0.1) is 12.8 Å². The Balaban J connectivity index is 1.64. The second kappa shape index (κ2) is 7.80. The van der Waals surface area contributed by atoms with Crippen LogP contribution in [0.3, 0.4) is 0 Å². The Labute approximate surface area is 138 Å². The summed E-state index contributed by atoms with van der Waals surface area (Å²) in [7, 11) is 0. The van der Waals surface area contributed by atoms with Crippen LogP contribution in [0, 0.1) is 0 Å². The van der Waals surface area contributed by atoms with E-state index >= 15 is 0 Å². The molecule has 3 aromatic rings. The average molecular weight is 306 g/mol. The van der Waals surface area contributed by atoms with Crippen LogP contribution in [0.1, 0.15) is 42.2 Å². The van der Waals surface area contributed by atoms with Gasteiger partial charge in [-0.15, -0.1) is 0 Å². The normalized spacial score (nSPS) is 13.6. The van der Waals surface area contributed by atoms with Crippen molar-refractivity contribution in [3.8, 4) is 0 Å². The molecular weight excluding hydrogens is 282 g/mol. The molecule has 2 N–H and O–H groups in total. The van der Waals surface area contributed by atoms with Crippen molar-refractivity contribution in [3.05, 3.63) is 95.9 Å². The maximum atomic E-state index is 5.68. The van der Waals surface area contributed by atoms with Crippen LogP contribution in [-0.2, 0) is 0 Å². The summed E-state index contributed by atoms with van der Waals surface area (Å²) in [5, 5.41) is 2.41. The number of hydrogen-bond acceptors (Lipinski definition) is 1. The second-order valence-electron chi connectivity index (χ2n) is 5.99. The van der Waals surface area contributed by atoms with Gasteiger partial charge in [-0.1, -0.05) is 60.7 Å². The zero-order chi connectivity index (χ0) is 15.9. The summed E-state index contributed by atoms with van der Waals surface area (Å²) in [6, 6.07) is 25.8. The molecule has 118 valence electrons. The molecule has 1 aromatic heterocycles. The maximum Gasteiger partial charge on any atom is 0.111 e. The van der Waals surface area contributed by atoms with E-state index in [-0.39, 0.29) is 0 Å². The largest absolute Gasteiger partial charge is 0.469 e. The van der Waals surface area contributed by atoms with E-state index in [9.17, 15) is 0 Å². The van der Waals surface area contributed by atoms with Crippen molar-refractivity contribution < 1.29 is 9.73 Å². The van der Waals surface area contributed by atoms with E-state index in [1.54, 1.807) is 6.26 Å². The fourth-order valence-electron chi connectivity index (χ4n) is 3.05. The van der Waals surface area contributed by atoms with Crippen LogP contribution < -0.4 is 5.32 Å². The molecule has 2 nitrogen and oxygen atoms in total. The molecule has 0 saturated heterocycles. The highest BCUT2D eigenvalue weighted by molar-refractivity contribution is 5.27. The average Bonchev–Trinajstić information content (AvgIpc) is 3.14. The van der Waals surface area contributed by atoms with Gasteiger partial charge < -0.3 is 9.73 Å². The van der Waals surface area contributed by atoms with Gasteiger partial charge in [-0.2, -0.15) is 0 Å². The molecule has 2 aromatic carbocycles. The number of hydrogen-bond donors (Lipinski definition) is 1. The van der Waals surface area contributed by atoms with Crippen LogP contribution in [0.2, 0.25) is 0 Å². The minimum absolute atomic E-state index is 0.324. The van der Waals surface area contributed by atoms with Gasteiger partial charge in [0.2, 0.25) is 0 Å². The van der Waals surface area contributed by atoms with E-state index in [1.807, 2.05) is 6.07 Å². The highest BCUT2D eigenvalue weighted by Gasteiger charge is 2.18. The molecule has 0 amide bonds. The van der Waals surface area contributed by atoms with Crippen LogP contribution in [-0.4, -0.2) is 6.54 Å². The molecule has 0 aliphatic heterocycles. The van der Waals surface area contributed by atoms with Gasteiger partial charge >= 0.3 is 0 Å². The fraction of sp³-hybridized carbons (Fsp3) is 0.238. The Kier molecular flexibility index (Phi) is 5.28. The zero-order valence-electron chi connectivity index (χ0n) is 13.6. The van der Waals surface area contributed by atoms with E-state index in [1.165, 1.54) is 11.1 Å². The van der Waals surface area contributed by atoms with Crippen LogP contribution in [0.15, 0.2) is 83.5 Å². The maximum absolute atomic E-state index is 5.68. The molecule has 3 rings (SSSR count). The Morgan fingerprint density at radius 3 is 2.09 bits per heavy atom. The van der Waals surface area contributed by atoms with E-state index < -0.39 is 0 Å². The Bertz CT molecular complexity index is 676. The first-order valence-electron chi connectivity index (χ1n) is 8.31. The summed E-state index contributed by atoms with van der Waals surface area (Å²) in [4.78, 5) is 0. The molecule has 0 fully saturated rings. The van der Waals surface area contributed by atoms with Crippen molar-refractivity contribution in [1.82, 2.24) is 0 Å². The lowest BCUT2D eigenvalue weighted by molar-refractivity contribution is -0.693. The molecule has 0 unspecified atom stereocenters. The molecule has 0 aliphatic carbocycles. The van der Waals surface area contributed by atoms with Crippen LogP contribution in [0.5, 0.6) is 0 Å². The van der Waals surface area contributed by atoms with Crippen molar-refractivity contribution in [3.63, 3.8) is 0 Å². The number of nitrogens with two attached hydrogens (primary N) is 1. The first kappa shape index (κ1) is 15.6. The van der Waals surface area contributed by atoms with E-state index in [4.69, 9.17) is 4.42 Å². The number of rotatable bonds is 7. The third kappa shape index (κ3) is 4.11. The zero-order valence-corrected chi connectivity index (χ0v) is 13.6. The van der Waals surface area contributed by atoms with Gasteiger partial charge in [-0.05, 0) is 24.6 Å². The molecule has 0 saturated carbocycles. The predicted octanol–water partition coefficient (Wildman–Crippen LogP) is 4.13. The fourth-order valence-corrected chi connectivity index (χ4v) is 3.05. The third-order valence-electron chi connectivity index (χ3n) is 4.39. The molecular formula is C21H24NO+. The summed E-state index contributed by atoms with van der Waals surface area (Å²) in [5.74, 6) is 1.38. The monoisotopic (exact) mass is 306 g/mol. The lowest BCUT2D eigenvalue weighted by atomic mass is 9.93. The van der Waals surface area contributed by atoms with Crippen molar-refractivity contribution in [1.29, 1.82) is 0 Å². The lowest BCUT2D eigenvalue weighted by Gasteiger charge is -2.16. The summed E-state index contributed by atoms with van der Waals surface area (Å²) in [6.07, 6.45) is 2.83. The minimum Gasteiger partial charge on any atom is -0.469 e. The van der Waals surface area contributed by atoms with Gasteiger partial charge in [-0.3, -0.25) is 0 Å². The third-order valence-corrected chi connectivity index (χ3v) is 4.39. The molecule has 23 heavy (non-hydrogen) atoms. The topological polar surface area (TPSA) is 29.8 Å². The minimum atomic E-state index is 0.324. The molecule has 0 radical (unpaired) electrons. The number of benzene rings is 2. The first-order chi connectivity index (χ1) is 11.3. The van der Waals surface area contributed by atoms with Crippen molar-refractivity contribution in [2.24, 2.45) is 0 Å². The SMILES string of the molecule is C[C@H]([NH2+]CC[C@H](c1ccccc1)c1ccco1)c1ccccc1. The molecule has 1 heterocycles. The quantitative estimate of drug-likeness (QED) is 0.699. The number of quaternary nitrogens is 1. The smallest absolute Gasteiger partial charge is 0.111 e. The predicted molar refractivity (Wildman–Crippen MR) is 93.3 cm³/mol. The van der Waals surface area contributed by atoms with Crippen molar-refractivity contribution in [2.75, 3.05) is 6.54 Å².